The van der Waals surface area contributed by atoms with Gasteiger partial charge in [0.1, 0.15) is 5.75 Å². The van der Waals surface area contributed by atoms with E-state index in [1.165, 1.54) is 5.56 Å². The lowest BCUT2D eigenvalue weighted by atomic mass is 10.1. The fraction of sp³-hybridized carbons (Fsp3) is 0.500. The number of piperazine rings is 1. The van der Waals surface area contributed by atoms with Crippen molar-refractivity contribution in [3.05, 3.63) is 48.5 Å². The first kappa shape index (κ1) is 16.0. The quantitative estimate of drug-likeness (QED) is 0.795. The summed E-state index contributed by atoms with van der Waals surface area (Å²) in [5, 5.41) is 3.48. The molecule has 0 unspecified atom stereocenters. The predicted octanol–water partition coefficient (Wildman–Crippen LogP) is 2.15. The number of aryl methyl sites for hydroxylation is 1. The molecule has 1 aromatic carbocycles. The number of rotatable bonds is 7. The second-order valence-corrected chi connectivity index (χ2v) is 6.24. The van der Waals surface area contributed by atoms with Crippen LogP contribution in [0.15, 0.2) is 43.0 Å². The predicted molar refractivity (Wildman–Crippen MR) is 91.5 cm³/mol. The van der Waals surface area contributed by atoms with Crippen LogP contribution in [0.2, 0.25) is 0 Å². The van der Waals surface area contributed by atoms with E-state index in [0.717, 1.165) is 51.5 Å². The Morgan fingerprint density at radius 3 is 2.91 bits per heavy atom. The molecule has 5 nitrogen and oxygen atoms in total. The zero-order chi connectivity index (χ0) is 15.9. The molecule has 1 aliphatic rings. The zero-order valence-electron chi connectivity index (χ0n) is 13.8. The molecule has 0 bridgehead atoms. The van der Waals surface area contributed by atoms with Crippen LogP contribution < -0.4 is 10.1 Å². The summed E-state index contributed by atoms with van der Waals surface area (Å²) in [6.07, 6.45) is 6.60. The second kappa shape index (κ2) is 8.13. The van der Waals surface area contributed by atoms with Gasteiger partial charge in [-0.25, -0.2) is 4.98 Å². The number of hydrogen-bond donors (Lipinski definition) is 1. The van der Waals surface area contributed by atoms with Gasteiger partial charge in [0.15, 0.2) is 0 Å². The third-order valence-corrected chi connectivity index (χ3v) is 4.17. The summed E-state index contributed by atoms with van der Waals surface area (Å²) in [6.45, 7) is 8.26. The lowest BCUT2D eigenvalue weighted by molar-refractivity contribution is 0.199. The number of ether oxygens (including phenoxy) is 1. The second-order valence-electron chi connectivity index (χ2n) is 6.24. The van der Waals surface area contributed by atoms with Crippen molar-refractivity contribution in [3.63, 3.8) is 0 Å². The molecule has 0 saturated carbocycles. The van der Waals surface area contributed by atoms with E-state index in [2.05, 4.69) is 51.0 Å². The van der Waals surface area contributed by atoms with Gasteiger partial charge in [0.25, 0.3) is 0 Å². The topological polar surface area (TPSA) is 42.3 Å². The summed E-state index contributed by atoms with van der Waals surface area (Å²) in [5.74, 6) is 0.952. The lowest BCUT2D eigenvalue weighted by Crippen LogP contribution is -2.48. The Labute approximate surface area is 138 Å². The highest BCUT2D eigenvalue weighted by Crippen LogP contribution is 2.15. The molecule has 23 heavy (non-hydrogen) atoms. The molecule has 0 radical (unpaired) electrons. The Bertz CT molecular complexity index is 567. The van der Waals surface area contributed by atoms with Crippen molar-refractivity contribution >= 4 is 0 Å². The summed E-state index contributed by atoms with van der Waals surface area (Å²) in [5.41, 5.74) is 1.35. The van der Waals surface area contributed by atoms with Gasteiger partial charge in [-0.2, -0.15) is 0 Å². The molecule has 1 saturated heterocycles. The van der Waals surface area contributed by atoms with Crippen molar-refractivity contribution < 1.29 is 4.74 Å². The van der Waals surface area contributed by atoms with Crippen molar-refractivity contribution in [1.29, 1.82) is 0 Å². The van der Waals surface area contributed by atoms with E-state index in [-0.39, 0.29) is 0 Å². The van der Waals surface area contributed by atoms with Crippen LogP contribution in [0.1, 0.15) is 18.9 Å². The van der Waals surface area contributed by atoms with Crippen molar-refractivity contribution in [2.24, 2.45) is 0 Å². The van der Waals surface area contributed by atoms with Gasteiger partial charge < -0.3 is 14.6 Å². The van der Waals surface area contributed by atoms with Crippen molar-refractivity contribution in [3.8, 4) is 5.75 Å². The Morgan fingerprint density at radius 2 is 2.17 bits per heavy atom. The average molecular weight is 314 g/mol. The average Bonchev–Trinajstić information content (AvgIpc) is 3.07. The third-order valence-electron chi connectivity index (χ3n) is 4.17. The summed E-state index contributed by atoms with van der Waals surface area (Å²) in [7, 11) is 0. The van der Waals surface area contributed by atoms with E-state index in [4.69, 9.17) is 4.74 Å². The minimum absolute atomic E-state index is 0.585. The highest BCUT2D eigenvalue weighted by Gasteiger charge is 2.15. The third kappa shape index (κ3) is 5.08. The van der Waals surface area contributed by atoms with Crippen LogP contribution >= 0.6 is 0 Å². The Kier molecular flexibility index (Phi) is 5.66. The highest BCUT2D eigenvalue weighted by atomic mass is 16.5. The molecule has 3 rings (SSSR count). The van der Waals surface area contributed by atoms with E-state index in [9.17, 15) is 0 Å². The standard InChI is InChI=1S/C18H26N4O/c1-16-13-22(11-8-20-16)14-17-3-5-18(6-4-17)23-12-2-9-21-10-7-19-15-21/h3-7,10,15-16,20H,2,8-9,11-14H2,1H3/t16-/m1/s1. The first-order valence-corrected chi connectivity index (χ1v) is 8.43. The minimum atomic E-state index is 0.585. The Balaban J connectivity index is 1.40. The van der Waals surface area contributed by atoms with Gasteiger partial charge in [0.05, 0.1) is 12.9 Å². The van der Waals surface area contributed by atoms with E-state index in [0.29, 0.717) is 6.04 Å². The minimum Gasteiger partial charge on any atom is -0.494 e. The van der Waals surface area contributed by atoms with Gasteiger partial charge in [-0.15, -0.1) is 0 Å². The van der Waals surface area contributed by atoms with Crippen LogP contribution in [-0.2, 0) is 13.1 Å². The zero-order valence-corrected chi connectivity index (χ0v) is 13.8. The Morgan fingerprint density at radius 1 is 1.30 bits per heavy atom. The number of imidazole rings is 1. The molecule has 1 N–H and O–H groups in total. The van der Waals surface area contributed by atoms with E-state index < -0.39 is 0 Å². The molecule has 1 fully saturated rings. The molecule has 1 aliphatic heterocycles. The van der Waals surface area contributed by atoms with E-state index >= 15 is 0 Å². The normalized spacial score (nSPS) is 18.9. The molecule has 2 heterocycles. The molecule has 5 heteroatoms. The van der Waals surface area contributed by atoms with Gasteiger partial charge in [-0.05, 0) is 31.0 Å². The number of nitrogens with zero attached hydrogens (tertiary/aromatic N) is 3. The monoisotopic (exact) mass is 314 g/mol. The van der Waals surface area contributed by atoms with Crippen molar-refractivity contribution in [1.82, 2.24) is 19.8 Å². The maximum Gasteiger partial charge on any atom is 0.119 e. The van der Waals surface area contributed by atoms with Crippen LogP contribution in [0.4, 0.5) is 0 Å². The van der Waals surface area contributed by atoms with Crippen LogP contribution in [0.25, 0.3) is 0 Å². The smallest absolute Gasteiger partial charge is 0.119 e. The molecule has 124 valence electrons. The molecule has 1 aromatic heterocycles. The summed E-state index contributed by atoms with van der Waals surface area (Å²) >= 11 is 0. The molecular weight excluding hydrogens is 288 g/mol. The number of aromatic nitrogens is 2. The molecular formula is C18H26N4O. The number of nitrogens with one attached hydrogen (secondary N) is 1. The summed E-state index contributed by atoms with van der Waals surface area (Å²) in [4.78, 5) is 6.54. The van der Waals surface area contributed by atoms with Gasteiger partial charge in [0.2, 0.25) is 0 Å². The molecule has 0 amide bonds. The van der Waals surface area contributed by atoms with E-state index in [1.807, 2.05) is 12.5 Å². The number of hydrogen-bond acceptors (Lipinski definition) is 4. The maximum absolute atomic E-state index is 5.81. The fourth-order valence-corrected chi connectivity index (χ4v) is 2.96. The first-order chi connectivity index (χ1) is 11.3. The van der Waals surface area contributed by atoms with Gasteiger partial charge in [-0.3, -0.25) is 4.90 Å². The van der Waals surface area contributed by atoms with Crippen LogP contribution in [-0.4, -0.2) is 46.7 Å². The highest BCUT2D eigenvalue weighted by molar-refractivity contribution is 5.27. The summed E-state index contributed by atoms with van der Waals surface area (Å²) in [6, 6.07) is 9.11. The summed E-state index contributed by atoms with van der Waals surface area (Å²) < 4.78 is 7.88. The Hall–Kier alpha value is -1.85. The van der Waals surface area contributed by atoms with Crippen molar-refractivity contribution in [2.45, 2.75) is 32.5 Å². The molecule has 1 atom stereocenters. The van der Waals surface area contributed by atoms with Crippen LogP contribution in [0.3, 0.4) is 0 Å². The molecule has 0 aliphatic carbocycles. The molecule has 0 spiro atoms. The van der Waals surface area contributed by atoms with Gasteiger partial charge in [-0.1, -0.05) is 12.1 Å². The van der Waals surface area contributed by atoms with Crippen LogP contribution in [0, 0.1) is 0 Å². The van der Waals surface area contributed by atoms with Gasteiger partial charge >= 0.3 is 0 Å². The van der Waals surface area contributed by atoms with Crippen molar-refractivity contribution in [2.75, 3.05) is 26.2 Å². The maximum atomic E-state index is 5.81. The molecule has 2 aromatic rings. The van der Waals surface area contributed by atoms with E-state index in [1.54, 1.807) is 6.20 Å². The number of benzene rings is 1. The van der Waals surface area contributed by atoms with Crippen LogP contribution in [0.5, 0.6) is 5.75 Å². The SMILES string of the molecule is C[C@@H]1CN(Cc2ccc(OCCCn3ccnc3)cc2)CCN1. The lowest BCUT2D eigenvalue weighted by Gasteiger charge is -2.31. The largest absolute Gasteiger partial charge is 0.494 e. The first-order valence-electron chi connectivity index (χ1n) is 8.43. The van der Waals surface area contributed by atoms with Gasteiger partial charge in [0, 0.05) is 51.2 Å². The fourth-order valence-electron chi connectivity index (χ4n) is 2.96.